The van der Waals surface area contributed by atoms with E-state index in [1.54, 1.807) is 11.3 Å². The quantitative estimate of drug-likeness (QED) is 0.792. The van der Waals surface area contributed by atoms with Gasteiger partial charge in [0.15, 0.2) is 0 Å². The number of nitrogens with one attached hydrogen (secondary N) is 2. The summed E-state index contributed by atoms with van der Waals surface area (Å²) < 4.78 is 0. The van der Waals surface area contributed by atoms with Crippen molar-refractivity contribution in [1.82, 2.24) is 10.6 Å². The summed E-state index contributed by atoms with van der Waals surface area (Å²) in [5.74, 6) is 0. The Morgan fingerprint density at radius 2 is 1.86 bits per heavy atom. The molecule has 1 atom stereocenters. The average molecular weight is 316 g/mol. The van der Waals surface area contributed by atoms with Crippen LogP contribution in [0.4, 0.5) is 4.79 Å². The first kappa shape index (κ1) is 16.6. The number of thiophene rings is 1. The van der Waals surface area contributed by atoms with Crippen molar-refractivity contribution in [2.75, 3.05) is 0 Å². The molecule has 0 bridgehead atoms. The number of aryl methyl sites for hydroxylation is 2. The van der Waals surface area contributed by atoms with Crippen LogP contribution in [-0.4, -0.2) is 12.1 Å². The van der Waals surface area contributed by atoms with Crippen LogP contribution in [-0.2, 0) is 19.4 Å². The number of amides is 2. The molecule has 0 spiro atoms. The van der Waals surface area contributed by atoms with Crippen LogP contribution in [0, 0.1) is 0 Å². The lowest BCUT2D eigenvalue weighted by atomic mass is 10.1. The van der Waals surface area contributed by atoms with Crippen LogP contribution >= 0.6 is 11.3 Å². The lowest BCUT2D eigenvalue weighted by Gasteiger charge is -2.14. The maximum atomic E-state index is 11.9. The van der Waals surface area contributed by atoms with Gasteiger partial charge < -0.3 is 10.6 Å². The Morgan fingerprint density at radius 3 is 2.55 bits per heavy atom. The molecule has 2 N–H and O–H groups in total. The predicted molar refractivity (Wildman–Crippen MR) is 93.3 cm³/mol. The Morgan fingerprint density at radius 1 is 1.14 bits per heavy atom. The van der Waals surface area contributed by atoms with E-state index in [-0.39, 0.29) is 12.1 Å². The molecular weight excluding hydrogens is 292 g/mol. The number of rotatable bonds is 7. The van der Waals surface area contributed by atoms with Gasteiger partial charge in [-0.25, -0.2) is 4.79 Å². The molecule has 4 heteroatoms. The van der Waals surface area contributed by atoms with Crippen LogP contribution in [0.15, 0.2) is 42.5 Å². The Kier molecular flexibility index (Phi) is 6.46. The van der Waals surface area contributed by atoms with Crippen molar-refractivity contribution in [1.29, 1.82) is 0 Å². The topological polar surface area (TPSA) is 41.1 Å². The standard InChI is InChI=1S/C18H24N2OS/c1-3-16-11-12-17(22-16)13-19-18(21)20-14(2)9-10-15-7-5-4-6-8-15/h4-8,11-12,14H,3,9-10,13H2,1-2H3,(H2,19,20,21). The average Bonchev–Trinajstić information content (AvgIpc) is 3.00. The Bertz CT molecular complexity index is 580. The van der Waals surface area contributed by atoms with Gasteiger partial charge in [0.2, 0.25) is 0 Å². The fraction of sp³-hybridized carbons (Fsp3) is 0.389. The van der Waals surface area contributed by atoms with Crippen molar-refractivity contribution in [2.45, 2.75) is 45.7 Å². The second kappa shape index (κ2) is 8.59. The molecule has 2 aromatic rings. The van der Waals surface area contributed by atoms with Gasteiger partial charge >= 0.3 is 6.03 Å². The van der Waals surface area contributed by atoms with Gasteiger partial charge in [0.1, 0.15) is 0 Å². The number of hydrogen-bond donors (Lipinski definition) is 2. The molecule has 0 radical (unpaired) electrons. The molecule has 2 rings (SSSR count). The van der Waals surface area contributed by atoms with Crippen LogP contribution in [0.3, 0.4) is 0 Å². The van der Waals surface area contributed by atoms with Crippen LogP contribution in [0.2, 0.25) is 0 Å². The minimum atomic E-state index is -0.0907. The molecule has 1 heterocycles. The van der Waals surface area contributed by atoms with Crippen molar-refractivity contribution in [3.8, 4) is 0 Å². The van der Waals surface area contributed by atoms with Gasteiger partial charge in [-0.05, 0) is 43.9 Å². The van der Waals surface area contributed by atoms with Crippen LogP contribution in [0.25, 0.3) is 0 Å². The third-order valence-electron chi connectivity index (χ3n) is 3.58. The van der Waals surface area contributed by atoms with E-state index in [1.807, 2.05) is 25.1 Å². The lowest BCUT2D eigenvalue weighted by molar-refractivity contribution is 0.237. The number of benzene rings is 1. The summed E-state index contributed by atoms with van der Waals surface area (Å²) in [6.45, 7) is 4.79. The Labute approximate surface area is 136 Å². The highest BCUT2D eigenvalue weighted by Crippen LogP contribution is 2.16. The molecule has 1 aromatic carbocycles. The summed E-state index contributed by atoms with van der Waals surface area (Å²) >= 11 is 1.76. The maximum absolute atomic E-state index is 11.9. The van der Waals surface area contributed by atoms with E-state index < -0.39 is 0 Å². The highest BCUT2D eigenvalue weighted by molar-refractivity contribution is 7.11. The van der Waals surface area contributed by atoms with E-state index in [0.717, 1.165) is 19.3 Å². The van der Waals surface area contributed by atoms with E-state index in [1.165, 1.54) is 15.3 Å². The monoisotopic (exact) mass is 316 g/mol. The van der Waals surface area contributed by atoms with E-state index in [2.05, 4.69) is 41.8 Å². The van der Waals surface area contributed by atoms with Gasteiger partial charge in [0, 0.05) is 15.8 Å². The highest BCUT2D eigenvalue weighted by Gasteiger charge is 2.07. The van der Waals surface area contributed by atoms with Crippen molar-refractivity contribution < 1.29 is 4.79 Å². The smallest absolute Gasteiger partial charge is 0.315 e. The van der Waals surface area contributed by atoms with Gasteiger partial charge in [-0.1, -0.05) is 37.3 Å². The summed E-state index contributed by atoms with van der Waals surface area (Å²) in [5.41, 5.74) is 1.31. The third kappa shape index (κ3) is 5.53. The second-order valence-electron chi connectivity index (χ2n) is 5.47. The fourth-order valence-electron chi connectivity index (χ4n) is 2.25. The summed E-state index contributed by atoms with van der Waals surface area (Å²) in [4.78, 5) is 14.4. The molecule has 0 saturated carbocycles. The molecule has 0 saturated heterocycles. The SMILES string of the molecule is CCc1ccc(CNC(=O)NC(C)CCc2ccccc2)s1. The number of hydrogen-bond acceptors (Lipinski definition) is 2. The van der Waals surface area contributed by atoms with E-state index in [0.29, 0.717) is 6.54 Å². The van der Waals surface area contributed by atoms with Crippen molar-refractivity contribution in [3.05, 3.63) is 57.8 Å². The molecule has 3 nitrogen and oxygen atoms in total. The van der Waals surface area contributed by atoms with Crippen LogP contribution in [0.1, 0.15) is 35.6 Å². The number of carbonyl (C=O) groups excluding carboxylic acids is 1. The van der Waals surface area contributed by atoms with Crippen molar-refractivity contribution >= 4 is 17.4 Å². The molecule has 118 valence electrons. The summed E-state index contributed by atoms with van der Waals surface area (Å²) in [7, 11) is 0. The van der Waals surface area contributed by atoms with E-state index >= 15 is 0 Å². The highest BCUT2D eigenvalue weighted by atomic mass is 32.1. The molecule has 2 amide bonds. The second-order valence-corrected chi connectivity index (χ2v) is 6.73. The zero-order valence-corrected chi connectivity index (χ0v) is 14.1. The van der Waals surface area contributed by atoms with Crippen LogP contribution < -0.4 is 10.6 Å². The van der Waals surface area contributed by atoms with Gasteiger partial charge in [0.25, 0.3) is 0 Å². The number of carbonyl (C=O) groups is 1. The summed E-state index contributed by atoms with van der Waals surface area (Å²) in [6, 6.07) is 14.6. The Balaban J connectivity index is 1.67. The Hall–Kier alpha value is -1.81. The predicted octanol–water partition coefficient (Wildman–Crippen LogP) is 4.13. The van der Waals surface area contributed by atoms with Crippen molar-refractivity contribution in [3.63, 3.8) is 0 Å². The first-order valence-electron chi connectivity index (χ1n) is 7.83. The molecule has 22 heavy (non-hydrogen) atoms. The number of urea groups is 1. The van der Waals surface area contributed by atoms with Gasteiger partial charge in [0.05, 0.1) is 6.54 Å². The fourth-order valence-corrected chi connectivity index (χ4v) is 3.15. The van der Waals surface area contributed by atoms with Gasteiger partial charge in [-0.15, -0.1) is 11.3 Å². The molecule has 0 aliphatic rings. The minimum absolute atomic E-state index is 0.0907. The largest absolute Gasteiger partial charge is 0.336 e. The molecule has 1 aromatic heterocycles. The van der Waals surface area contributed by atoms with Gasteiger partial charge in [-0.3, -0.25) is 0 Å². The normalized spacial score (nSPS) is 11.9. The summed E-state index contributed by atoms with van der Waals surface area (Å²) in [6.07, 6.45) is 2.97. The molecular formula is C18H24N2OS. The molecule has 1 unspecified atom stereocenters. The van der Waals surface area contributed by atoms with Gasteiger partial charge in [-0.2, -0.15) is 0 Å². The summed E-state index contributed by atoms with van der Waals surface area (Å²) in [5, 5.41) is 5.92. The lowest BCUT2D eigenvalue weighted by Crippen LogP contribution is -2.40. The van der Waals surface area contributed by atoms with Crippen molar-refractivity contribution in [2.24, 2.45) is 0 Å². The van der Waals surface area contributed by atoms with E-state index in [9.17, 15) is 4.79 Å². The van der Waals surface area contributed by atoms with Crippen LogP contribution in [0.5, 0.6) is 0 Å². The zero-order valence-electron chi connectivity index (χ0n) is 13.3. The maximum Gasteiger partial charge on any atom is 0.315 e. The molecule has 0 aliphatic heterocycles. The molecule has 0 fully saturated rings. The third-order valence-corrected chi connectivity index (χ3v) is 4.80. The first-order valence-corrected chi connectivity index (χ1v) is 8.65. The first-order chi connectivity index (χ1) is 10.7. The minimum Gasteiger partial charge on any atom is -0.336 e. The van der Waals surface area contributed by atoms with E-state index in [4.69, 9.17) is 0 Å². The molecule has 0 aliphatic carbocycles. The zero-order chi connectivity index (χ0) is 15.8.